The summed E-state index contributed by atoms with van der Waals surface area (Å²) in [5.41, 5.74) is 2.12. The average Bonchev–Trinajstić information content (AvgIpc) is 2.71. The van der Waals surface area contributed by atoms with Crippen molar-refractivity contribution in [3.05, 3.63) is 34.9 Å². The molecule has 2 aliphatic heterocycles. The lowest BCUT2D eigenvalue weighted by Gasteiger charge is -2.37. The quantitative estimate of drug-likeness (QED) is 0.625. The lowest BCUT2D eigenvalue weighted by atomic mass is 9.89. The second kappa shape index (κ2) is 4.91. The Bertz CT molecular complexity index is 530. The molecule has 2 aliphatic rings. The molecule has 6 nitrogen and oxygen atoms in total. The first-order chi connectivity index (χ1) is 9.61. The van der Waals surface area contributed by atoms with Crippen LogP contribution in [0.3, 0.4) is 0 Å². The SMILES string of the molecule is O=Cc1cccc2c1CC1(OC2)OC(CO)C(O)C1O. The third-order valence-corrected chi connectivity index (χ3v) is 4.02. The lowest BCUT2D eigenvalue weighted by Crippen LogP contribution is -2.49. The van der Waals surface area contributed by atoms with E-state index in [1.54, 1.807) is 12.1 Å². The van der Waals surface area contributed by atoms with Crippen molar-refractivity contribution in [3.8, 4) is 0 Å². The summed E-state index contributed by atoms with van der Waals surface area (Å²) in [5, 5.41) is 29.2. The zero-order chi connectivity index (χ0) is 14.3. The maximum absolute atomic E-state index is 11.1. The third-order valence-electron chi connectivity index (χ3n) is 4.02. The molecule has 0 aromatic heterocycles. The minimum Gasteiger partial charge on any atom is -0.394 e. The molecule has 1 saturated heterocycles. The summed E-state index contributed by atoms with van der Waals surface area (Å²) in [4.78, 5) is 11.1. The molecule has 1 spiro atoms. The summed E-state index contributed by atoms with van der Waals surface area (Å²) in [6.07, 6.45) is -2.47. The second-order valence-electron chi connectivity index (χ2n) is 5.15. The molecule has 2 heterocycles. The summed E-state index contributed by atoms with van der Waals surface area (Å²) in [7, 11) is 0. The molecule has 0 aliphatic carbocycles. The number of hydrogen-bond acceptors (Lipinski definition) is 6. The van der Waals surface area contributed by atoms with Gasteiger partial charge in [-0.2, -0.15) is 0 Å². The lowest BCUT2D eigenvalue weighted by molar-refractivity contribution is -0.271. The maximum Gasteiger partial charge on any atom is 0.202 e. The number of ether oxygens (including phenoxy) is 2. The van der Waals surface area contributed by atoms with Crippen LogP contribution in [-0.2, 0) is 22.5 Å². The predicted octanol–water partition coefficient (Wildman–Crippen LogP) is -0.619. The number of carbonyl (C=O) groups excluding carboxylic acids is 1. The summed E-state index contributed by atoms with van der Waals surface area (Å²) in [6.45, 7) is -0.232. The standard InChI is InChI=1S/C14H16O6/c15-5-8-2-1-3-9-7-19-14(4-10(8)9)13(18)12(17)11(6-16)20-14/h1-3,5,11-13,16-18H,4,6-7H2. The second-order valence-corrected chi connectivity index (χ2v) is 5.15. The summed E-state index contributed by atoms with van der Waals surface area (Å²) >= 11 is 0. The van der Waals surface area contributed by atoms with Crippen LogP contribution in [0, 0.1) is 0 Å². The van der Waals surface area contributed by atoms with Crippen LogP contribution in [0.2, 0.25) is 0 Å². The predicted molar refractivity (Wildman–Crippen MR) is 67.0 cm³/mol. The van der Waals surface area contributed by atoms with Gasteiger partial charge in [0.1, 0.15) is 24.6 Å². The fourth-order valence-electron chi connectivity index (χ4n) is 2.88. The van der Waals surface area contributed by atoms with Gasteiger partial charge in [0.2, 0.25) is 5.79 Å². The number of fused-ring (bicyclic) bond motifs is 1. The number of hydrogen-bond donors (Lipinski definition) is 3. The van der Waals surface area contributed by atoms with E-state index in [-0.39, 0.29) is 13.0 Å². The fourth-order valence-corrected chi connectivity index (χ4v) is 2.88. The smallest absolute Gasteiger partial charge is 0.202 e. The minimum absolute atomic E-state index is 0.159. The molecule has 4 unspecified atom stereocenters. The first-order valence-corrected chi connectivity index (χ1v) is 6.46. The van der Waals surface area contributed by atoms with Crippen LogP contribution in [-0.4, -0.2) is 52.3 Å². The van der Waals surface area contributed by atoms with Gasteiger partial charge >= 0.3 is 0 Å². The van der Waals surface area contributed by atoms with Crippen LogP contribution in [0.1, 0.15) is 21.5 Å². The largest absolute Gasteiger partial charge is 0.394 e. The van der Waals surface area contributed by atoms with Gasteiger partial charge < -0.3 is 24.8 Å². The van der Waals surface area contributed by atoms with Crippen LogP contribution in [0.25, 0.3) is 0 Å². The number of carbonyl (C=O) groups is 1. The van der Waals surface area contributed by atoms with Crippen molar-refractivity contribution in [3.63, 3.8) is 0 Å². The van der Waals surface area contributed by atoms with Crippen LogP contribution < -0.4 is 0 Å². The molecule has 3 N–H and O–H groups in total. The Labute approximate surface area is 115 Å². The van der Waals surface area contributed by atoms with E-state index in [9.17, 15) is 15.0 Å². The summed E-state index contributed by atoms with van der Waals surface area (Å²) < 4.78 is 11.1. The topological polar surface area (TPSA) is 96.2 Å². The van der Waals surface area contributed by atoms with Crippen LogP contribution in [0.4, 0.5) is 0 Å². The molecule has 4 atom stereocenters. The van der Waals surface area contributed by atoms with Crippen molar-refractivity contribution in [1.82, 2.24) is 0 Å². The van der Waals surface area contributed by atoms with Gasteiger partial charge in [-0.3, -0.25) is 4.79 Å². The van der Waals surface area contributed by atoms with Gasteiger partial charge in [0.25, 0.3) is 0 Å². The van der Waals surface area contributed by atoms with Crippen LogP contribution >= 0.6 is 0 Å². The highest BCUT2D eigenvalue weighted by atomic mass is 16.7. The Morgan fingerprint density at radius 2 is 2.20 bits per heavy atom. The Balaban J connectivity index is 1.97. The highest BCUT2D eigenvalue weighted by Gasteiger charge is 2.56. The normalized spacial score (nSPS) is 36.0. The van der Waals surface area contributed by atoms with E-state index in [0.717, 1.165) is 17.4 Å². The van der Waals surface area contributed by atoms with E-state index in [0.29, 0.717) is 5.56 Å². The van der Waals surface area contributed by atoms with Crippen molar-refractivity contribution in [1.29, 1.82) is 0 Å². The molecule has 6 heteroatoms. The van der Waals surface area contributed by atoms with Crippen molar-refractivity contribution in [2.24, 2.45) is 0 Å². The monoisotopic (exact) mass is 280 g/mol. The number of benzene rings is 1. The fraction of sp³-hybridized carbons (Fsp3) is 0.500. The maximum atomic E-state index is 11.1. The van der Waals surface area contributed by atoms with Crippen molar-refractivity contribution < 1.29 is 29.6 Å². The van der Waals surface area contributed by atoms with Gasteiger partial charge in [-0.1, -0.05) is 18.2 Å². The number of aliphatic hydroxyl groups is 3. The molecule has 20 heavy (non-hydrogen) atoms. The first-order valence-electron chi connectivity index (χ1n) is 6.46. The Morgan fingerprint density at radius 1 is 1.40 bits per heavy atom. The molecule has 108 valence electrons. The molecule has 0 saturated carbocycles. The molecular formula is C14H16O6. The van der Waals surface area contributed by atoms with E-state index < -0.39 is 30.7 Å². The van der Waals surface area contributed by atoms with E-state index in [1.807, 2.05) is 6.07 Å². The Hall–Kier alpha value is -1.31. The van der Waals surface area contributed by atoms with E-state index in [1.165, 1.54) is 0 Å². The number of rotatable bonds is 2. The molecule has 1 aromatic rings. The molecule has 1 fully saturated rings. The van der Waals surface area contributed by atoms with E-state index in [4.69, 9.17) is 14.6 Å². The van der Waals surface area contributed by atoms with Gasteiger partial charge in [-0.05, 0) is 11.1 Å². The first kappa shape index (κ1) is 13.7. The van der Waals surface area contributed by atoms with Crippen molar-refractivity contribution in [2.45, 2.75) is 37.1 Å². The molecular weight excluding hydrogens is 264 g/mol. The van der Waals surface area contributed by atoms with E-state index >= 15 is 0 Å². The summed E-state index contributed by atoms with van der Waals surface area (Å²) in [5.74, 6) is -1.40. The zero-order valence-corrected chi connectivity index (χ0v) is 10.7. The molecule has 0 bridgehead atoms. The van der Waals surface area contributed by atoms with Gasteiger partial charge in [0.15, 0.2) is 0 Å². The highest BCUT2D eigenvalue weighted by molar-refractivity contribution is 5.78. The highest BCUT2D eigenvalue weighted by Crippen LogP contribution is 2.40. The van der Waals surface area contributed by atoms with Crippen molar-refractivity contribution >= 4 is 6.29 Å². The third kappa shape index (κ3) is 1.88. The minimum atomic E-state index is -1.40. The molecule has 0 amide bonds. The molecule has 3 rings (SSSR count). The van der Waals surface area contributed by atoms with Crippen LogP contribution in [0.5, 0.6) is 0 Å². The zero-order valence-electron chi connectivity index (χ0n) is 10.7. The summed E-state index contributed by atoms with van der Waals surface area (Å²) in [6, 6.07) is 5.30. The van der Waals surface area contributed by atoms with Crippen LogP contribution in [0.15, 0.2) is 18.2 Å². The Morgan fingerprint density at radius 3 is 2.85 bits per heavy atom. The van der Waals surface area contributed by atoms with Gasteiger partial charge in [-0.15, -0.1) is 0 Å². The Kier molecular flexibility index (Phi) is 3.35. The van der Waals surface area contributed by atoms with Gasteiger partial charge in [-0.25, -0.2) is 0 Å². The van der Waals surface area contributed by atoms with E-state index in [2.05, 4.69) is 0 Å². The number of aldehydes is 1. The molecule has 1 aromatic carbocycles. The van der Waals surface area contributed by atoms with Crippen molar-refractivity contribution in [2.75, 3.05) is 6.61 Å². The van der Waals surface area contributed by atoms with Gasteiger partial charge in [0.05, 0.1) is 13.2 Å². The average molecular weight is 280 g/mol. The molecule has 0 radical (unpaired) electrons. The number of aliphatic hydroxyl groups excluding tert-OH is 3. The van der Waals surface area contributed by atoms with Gasteiger partial charge in [0, 0.05) is 12.0 Å².